The number of carbonyl (C=O) groups is 4. The van der Waals surface area contributed by atoms with Gasteiger partial charge in [0.05, 0.1) is 40.8 Å². The number of ether oxygens (including phenoxy) is 4. The second-order valence-electron chi connectivity index (χ2n) is 9.04. The molecule has 3 N–H and O–H groups in total. The van der Waals surface area contributed by atoms with Gasteiger partial charge in [0.25, 0.3) is 0 Å². The second kappa shape index (κ2) is 18.0. The molecule has 4 rings (SSSR count). The molecule has 0 saturated carbocycles. The predicted octanol–water partition coefficient (Wildman–Crippen LogP) is 0.00300. The minimum Gasteiger partial charge on any atom is -0.549 e. The Hall–Kier alpha value is -3.92. The number of allylic oxidation sites excluding steroid dienone is 2. The number of hydrogen-bond donors (Lipinski definition) is 3. The van der Waals surface area contributed by atoms with Gasteiger partial charge in [-0.15, -0.1) is 0 Å². The summed E-state index contributed by atoms with van der Waals surface area (Å²) in [7, 11) is 5.60. The molecule has 2 aliphatic carbocycles. The van der Waals surface area contributed by atoms with E-state index >= 15 is 0 Å². The largest absolute Gasteiger partial charge is 1.00 e. The Bertz CT molecular complexity index is 1430. The molecule has 1 atom stereocenters. The van der Waals surface area contributed by atoms with Crippen molar-refractivity contribution >= 4 is 51.0 Å². The number of carboxylic acids is 2. The topological polar surface area (TPSA) is 189 Å². The number of esters is 2. The minimum atomic E-state index is -1.08. The number of fused-ring (bicyclic) bond motifs is 2. The third kappa shape index (κ3) is 9.29. The van der Waals surface area contributed by atoms with Crippen molar-refractivity contribution in [3.05, 3.63) is 70.2 Å². The van der Waals surface area contributed by atoms with E-state index in [4.69, 9.17) is 24.1 Å². The van der Waals surface area contributed by atoms with Crippen LogP contribution >= 0.6 is 15.9 Å². The Morgan fingerprint density at radius 2 is 1.32 bits per heavy atom. The number of carbonyl (C=O) groups excluding carboxylic acids is 3. The predicted molar refractivity (Wildman–Crippen MR) is 156 cm³/mol. The van der Waals surface area contributed by atoms with Crippen molar-refractivity contribution < 1.29 is 77.4 Å². The van der Waals surface area contributed by atoms with Gasteiger partial charge in [0, 0.05) is 28.8 Å². The van der Waals surface area contributed by atoms with Crippen LogP contribution < -0.4 is 33.4 Å². The smallest absolute Gasteiger partial charge is 0.549 e. The Labute approximate surface area is 274 Å². The van der Waals surface area contributed by atoms with Crippen LogP contribution in [0.3, 0.4) is 0 Å². The molecule has 0 spiro atoms. The van der Waals surface area contributed by atoms with Gasteiger partial charge in [-0.05, 0) is 36.1 Å². The fourth-order valence-corrected chi connectivity index (χ4v) is 4.69. The summed E-state index contributed by atoms with van der Waals surface area (Å²) in [6.07, 6.45) is 1.10. The zero-order valence-electron chi connectivity index (χ0n) is 25.0. The molecule has 2 aromatic carbocycles. The van der Waals surface area contributed by atoms with Gasteiger partial charge in [0.2, 0.25) is 0 Å². The first kappa shape index (κ1) is 38.1. The van der Waals surface area contributed by atoms with Crippen molar-refractivity contribution in [1.82, 2.24) is 0 Å². The number of rotatable bonds is 7. The van der Waals surface area contributed by atoms with E-state index in [1.807, 2.05) is 6.07 Å². The molecule has 0 amide bonds. The number of halogens is 1. The molecule has 0 aliphatic heterocycles. The van der Waals surface area contributed by atoms with E-state index in [2.05, 4.69) is 15.9 Å². The maximum atomic E-state index is 11.9. The van der Waals surface area contributed by atoms with Crippen LogP contribution in [0.1, 0.15) is 35.1 Å². The first-order chi connectivity index (χ1) is 20.4. The molecule has 1 unspecified atom stereocenters. The molecule has 2 aliphatic rings. The summed E-state index contributed by atoms with van der Waals surface area (Å²) in [5.41, 5.74) is 3.09. The van der Waals surface area contributed by atoms with Crippen molar-refractivity contribution in [3.8, 4) is 11.5 Å². The van der Waals surface area contributed by atoms with Gasteiger partial charge >= 0.3 is 36.8 Å². The number of methoxy groups -OCH3 is 4. The molecule has 0 saturated heterocycles. The van der Waals surface area contributed by atoms with Gasteiger partial charge in [-0.1, -0.05) is 40.2 Å². The summed E-state index contributed by atoms with van der Waals surface area (Å²) in [6, 6.07) is 10.5. The van der Waals surface area contributed by atoms with Crippen molar-refractivity contribution in [3.63, 3.8) is 0 Å². The maximum absolute atomic E-state index is 11.9. The second-order valence-corrected chi connectivity index (χ2v) is 9.60. The Balaban J connectivity index is 0.000000380. The first-order valence-electron chi connectivity index (χ1n) is 12.8. The van der Waals surface area contributed by atoms with Gasteiger partial charge in [-0.3, -0.25) is 4.79 Å². The quantitative estimate of drug-likeness (QED) is 0.204. The molecule has 0 bridgehead atoms. The van der Waals surface area contributed by atoms with Crippen LogP contribution in [-0.4, -0.2) is 73.0 Å². The van der Waals surface area contributed by atoms with E-state index in [1.54, 1.807) is 37.4 Å². The van der Waals surface area contributed by atoms with Gasteiger partial charge in [-0.25, -0.2) is 9.59 Å². The molecule has 14 heteroatoms. The van der Waals surface area contributed by atoms with E-state index < -0.39 is 29.8 Å². The average Bonchev–Trinajstić information content (AvgIpc) is 3.00. The Morgan fingerprint density at radius 3 is 1.77 bits per heavy atom. The zero-order chi connectivity index (χ0) is 32.3. The maximum Gasteiger partial charge on any atom is 1.00 e. The zero-order valence-corrected chi connectivity index (χ0v) is 26.6. The summed E-state index contributed by atoms with van der Waals surface area (Å²) in [5, 5.41) is 38.2. The van der Waals surface area contributed by atoms with Gasteiger partial charge < -0.3 is 44.2 Å². The van der Waals surface area contributed by atoms with E-state index in [1.165, 1.54) is 21.3 Å². The van der Waals surface area contributed by atoms with Gasteiger partial charge in [0.15, 0.2) is 0 Å². The summed E-state index contributed by atoms with van der Waals surface area (Å²) >= 11 is 2.65. The van der Waals surface area contributed by atoms with Gasteiger partial charge in [0.1, 0.15) is 34.2 Å². The fraction of sp³-hybridized carbons (Fsp3) is 0.333. The van der Waals surface area contributed by atoms with Crippen molar-refractivity contribution in [2.45, 2.75) is 25.7 Å². The van der Waals surface area contributed by atoms with Crippen LogP contribution in [0.2, 0.25) is 0 Å². The molecule has 44 heavy (non-hydrogen) atoms. The number of aliphatic hydroxyl groups excluding tert-OH is 2. The minimum absolute atomic E-state index is 0. The SMILES string of the molecule is COC(=O)C1=C(O)C(CC(=O)O)Cc2c(OC)cccc21.COC(=O)C1=C(O)CCc2c(OC)cccc21.O=C([O-])CBr.[Li+]. The number of aliphatic hydroxyl groups is 2. The van der Waals surface area contributed by atoms with Gasteiger partial charge in [-0.2, -0.15) is 0 Å². The molecular weight excluding hydrogens is 639 g/mol. The molecule has 0 heterocycles. The summed E-state index contributed by atoms with van der Waals surface area (Å²) < 4.78 is 19.9. The van der Waals surface area contributed by atoms with E-state index in [-0.39, 0.29) is 59.7 Å². The summed E-state index contributed by atoms with van der Waals surface area (Å²) in [5.74, 6) is -2.90. The third-order valence-corrected chi connectivity index (χ3v) is 7.01. The molecule has 12 nitrogen and oxygen atoms in total. The van der Waals surface area contributed by atoms with E-state index in [0.29, 0.717) is 35.3 Å². The number of carboxylic acid groups (broad SMARTS) is 2. The number of hydrogen-bond acceptors (Lipinski definition) is 11. The number of aliphatic carboxylic acids is 2. The van der Waals surface area contributed by atoms with Crippen molar-refractivity contribution in [2.24, 2.45) is 5.92 Å². The van der Waals surface area contributed by atoms with Crippen LogP contribution in [0, 0.1) is 5.92 Å². The van der Waals surface area contributed by atoms with Crippen LogP contribution in [0.4, 0.5) is 0 Å². The normalized spacial score (nSPS) is 14.5. The molecule has 0 fully saturated rings. The van der Waals surface area contributed by atoms with E-state index in [0.717, 1.165) is 11.3 Å². The van der Waals surface area contributed by atoms with Crippen LogP contribution in [-0.2, 0) is 41.5 Å². The molecule has 232 valence electrons. The van der Waals surface area contributed by atoms with Crippen LogP contribution in [0.15, 0.2) is 47.9 Å². The summed E-state index contributed by atoms with van der Waals surface area (Å²) in [4.78, 5) is 43.8. The molecule has 0 radical (unpaired) electrons. The standard InChI is InChI=1S/C15H16O6.C13H14O4.C2H3BrO2.Li/c1-20-11-5-3-4-9-10(11)6-8(7-12(16)17)14(18)13(9)15(19)21-2;1-16-11-5-3-4-9-8(11)6-7-10(14)12(9)13(15)17-2;3-1-2(4)5;/h3-5,8,18H,6-7H2,1-2H3,(H,16,17);3-5,14H,6-7H2,1-2H3;1H2,(H,4,5);/q;;;+1/p-1. The van der Waals surface area contributed by atoms with Crippen LogP contribution in [0.25, 0.3) is 11.1 Å². The van der Waals surface area contributed by atoms with Crippen molar-refractivity contribution in [1.29, 1.82) is 0 Å². The molecular formula is C30H32BrLiO12. The number of benzene rings is 2. The average molecular weight is 671 g/mol. The number of alkyl halides is 1. The Morgan fingerprint density at radius 1 is 0.841 bits per heavy atom. The first-order valence-corrected chi connectivity index (χ1v) is 13.9. The Kier molecular flexibility index (Phi) is 15.6. The monoisotopic (exact) mass is 670 g/mol. The molecule has 2 aromatic rings. The fourth-order valence-electron chi connectivity index (χ4n) is 4.69. The van der Waals surface area contributed by atoms with Crippen LogP contribution in [0.5, 0.6) is 11.5 Å². The van der Waals surface area contributed by atoms with Crippen molar-refractivity contribution in [2.75, 3.05) is 33.8 Å². The van der Waals surface area contributed by atoms with E-state index in [9.17, 15) is 34.5 Å². The molecule has 0 aromatic heterocycles. The summed E-state index contributed by atoms with van der Waals surface area (Å²) in [6.45, 7) is 0. The third-order valence-electron chi connectivity index (χ3n) is 6.55.